The maximum absolute atomic E-state index is 12.6. The molecule has 0 saturated heterocycles. The third-order valence-corrected chi connectivity index (χ3v) is 6.55. The summed E-state index contributed by atoms with van der Waals surface area (Å²) in [5.41, 5.74) is 6.70. The summed E-state index contributed by atoms with van der Waals surface area (Å²) in [5.74, 6) is 0. The van der Waals surface area contributed by atoms with E-state index in [9.17, 15) is 8.42 Å². The highest BCUT2D eigenvalue weighted by Gasteiger charge is 2.24. The molecule has 0 saturated carbocycles. The molecule has 0 atom stereocenters. The van der Waals surface area contributed by atoms with E-state index in [1.54, 1.807) is 6.07 Å². The van der Waals surface area contributed by atoms with Crippen molar-refractivity contribution in [3.63, 3.8) is 0 Å². The zero-order chi connectivity index (χ0) is 15.3. The molecule has 0 spiro atoms. The lowest BCUT2D eigenvalue weighted by Gasteiger charge is -2.20. The Morgan fingerprint density at radius 2 is 1.77 bits per heavy atom. The number of sulfonamides is 1. The number of thiophene rings is 1. The lowest BCUT2D eigenvalue weighted by molar-refractivity contribution is 0.423. The first-order valence-corrected chi connectivity index (χ1v) is 9.10. The molecule has 7 heteroatoms. The van der Waals surface area contributed by atoms with E-state index in [0.717, 1.165) is 10.4 Å². The van der Waals surface area contributed by atoms with Gasteiger partial charge in [-0.2, -0.15) is 4.31 Å². The van der Waals surface area contributed by atoms with Crippen molar-refractivity contribution in [2.75, 3.05) is 19.6 Å². The Morgan fingerprint density at radius 3 is 2.32 bits per heavy atom. The molecule has 0 aliphatic rings. The minimum atomic E-state index is -3.44. The average Bonchev–Trinajstić information content (AvgIpc) is 2.92. The minimum Gasteiger partial charge on any atom is -0.329 e. The van der Waals surface area contributed by atoms with Gasteiger partial charge in [0.05, 0.1) is 0 Å². The van der Waals surface area contributed by atoms with Gasteiger partial charge in [0.25, 0.3) is 10.0 Å². The Bertz CT molecular complexity index is 672. The van der Waals surface area contributed by atoms with Crippen LogP contribution in [0.25, 0.3) is 0 Å². The molecule has 0 bridgehead atoms. The van der Waals surface area contributed by atoms with Crippen molar-refractivity contribution < 1.29 is 8.42 Å². The van der Waals surface area contributed by atoms with Crippen LogP contribution in [0.5, 0.6) is 0 Å². The molecule has 0 fully saturated rings. The normalized spacial score (nSPS) is 11.4. The van der Waals surface area contributed by atoms with Crippen LogP contribution >= 0.6 is 23.7 Å². The van der Waals surface area contributed by atoms with Crippen LogP contribution in [0, 0.1) is 6.92 Å². The standard InChI is InChI=1S/C15H20N2O2S2.ClH/c1-13-7-8-15(20-13)21(18,19)17(12-10-16)11-9-14-5-3-2-4-6-14;/h2-8H,9-12,16H2,1H3;1H. The predicted octanol–water partition coefficient (Wildman–Crippen LogP) is 2.67. The second-order valence-corrected chi connectivity index (χ2v) is 8.25. The molecule has 2 N–H and O–H groups in total. The molecular weight excluding hydrogens is 340 g/mol. The average molecular weight is 361 g/mol. The van der Waals surface area contributed by atoms with E-state index < -0.39 is 10.0 Å². The first-order valence-electron chi connectivity index (χ1n) is 6.84. The van der Waals surface area contributed by atoms with Gasteiger partial charge in [-0.3, -0.25) is 0 Å². The van der Waals surface area contributed by atoms with Crippen LogP contribution in [0.15, 0.2) is 46.7 Å². The van der Waals surface area contributed by atoms with E-state index in [-0.39, 0.29) is 12.4 Å². The maximum atomic E-state index is 12.6. The Hall–Kier alpha value is -0.920. The van der Waals surface area contributed by atoms with Gasteiger partial charge in [0.15, 0.2) is 0 Å². The van der Waals surface area contributed by atoms with Crippen LogP contribution in [0.2, 0.25) is 0 Å². The Kier molecular flexibility index (Phi) is 7.52. The molecule has 0 radical (unpaired) electrons. The summed E-state index contributed by atoms with van der Waals surface area (Å²) in [6, 6.07) is 13.4. The Morgan fingerprint density at radius 1 is 1.09 bits per heavy atom. The predicted molar refractivity (Wildman–Crippen MR) is 94.3 cm³/mol. The van der Waals surface area contributed by atoms with Crippen LogP contribution in [0.1, 0.15) is 10.4 Å². The molecular formula is C15H21ClN2O2S2. The van der Waals surface area contributed by atoms with Crippen LogP contribution in [-0.2, 0) is 16.4 Å². The van der Waals surface area contributed by atoms with Crippen LogP contribution in [0.4, 0.5) is 0 Å². The molecule has 4 nitrogen and oxygen atoms in total. The zero-order valence-corrected chi connectivity index (χ0v) is 14.9. The van der Waals surface area contributed by atoms with Gasteiger partial charge in [0.2, 0.25) is 0 Å². The summed E-state index contributed by atoms with van der Waals surface area (Å²) in [6.45, 7) is 3.01. The molecule has 0 aliphatic carbocycles. The fourth-order valence-corrected chi connectivity index (χ4v) is 4.97. The van der Waals surface area contributed by atoms with Crippen molar-refractivity contribution in [1.29, 1.82) is 0 Å². The molecule has 0 aliphatic heterocycles. The van der Waals surface area contributed by atoms with Crippen LogP contribution in [-0.4, -0.2) is 32.4 Å². The largest absolute Gasteiger partial charge is 0.329 e. The van der Waals surface area contributed by atoms with E-state index in [4.69, 9.17) is 5.73 Å². The van der Waals surface area contributed by atoms with E-state index in [1.807, 2.05) is 43.3 Å². The Labute approximate surface area is 142 Å². The summed E-state index contributed by atoms with van der Waals surface area (Å²) in [4.78, 5) is 0.990. The smallest absolute Gasteiger partial charge is 0.252 e. The highest BCUT2D eigenvalue weighted by molar-refractivity contribution is 7.91. The quantitative estimate of drug-likeness (QED) is 0.825. The van der Waals surface area contributed by atoms with Gasteiger partial charge in [0.1, 0.15) is 4.21 Å². The monoisotopic (exact) mass is 360 g/mol. The zero-order valence-electron chi connectivity index (χ0n) is 12.4. The van der Waals surface area contributed by atoms with Gasteiger partial charge in [-0.25, -0.2) is 8.42 Å². The lowest BCUT2D eigenvalue weighted by atomic mass is 10.1. The van der Waals surface area contributed by atoms with E-state index in [2.05, 4.69) is 0 Å². The number of benzene rings is 1. The van der Waals surface area contributed by atoms with Crippen molar-refractivity contribution in [1.82, 2.24) is 4.31 Å². The molecule has 0 amide bonds. The first-order chi connectivity index (χ1) is 10.0. The highest BCUT2D eigenvalue weighted by Crippen LogP contribution is 2.24. The van der Waals surface area contributed by atoms with E-state index >= 15 is 0 Å². The summed E-state index contributed by atoms with van der Waals surface area (Å²) in [6.07, 6.45) is 0.685. The van der Waals surface area contributed by atoms with Crippen LogP contribution in [0.3, 0.4) is 0 Å². The summed E-state index contributed by atoms with van der Waals surface area (Å²) in [5, 5.41) is 0. The third kappa shape index (κ3) is 4.79. The van der Waals surface area contributed by atoms with Crippen molar-refractivity contribution in [3.8, 4) is 0 Å². The first kappa shape index (κ1) is 19.1. The number of hydrogen-bond acceptors (Lipinski definition) is 4. The molecule has 0 unspecified atom stereocenters. The second-order valence-electron chi connectivity index (χ2n) is 4.79. The van der Waals surface area contributed by atoms with Gasteiger partial charge in [-0.05, 0) is 31.0 Å². The van der Waals surface area contributed by atoms with Crippen molar-refractivity contribution in [2.45, 2.75) is 17.6 Å². The summed E-state index contributed by atoms with van der Waals surface area (Å²) in [7, 11) is -3.44. The Balaban J connectivity index is 0.00000242. The van der Waals surface area contributed by atoms with Crippen molar-refractivity contribution >= 4 is 33.8 Å². The lowest BCUT2D eigenvalue weighted by Crippen LogP contribution is -2.36. The van der Waals surface area contributed by atoms with Gasteiger partial charge in [-0.1, -0.05) is 30.3 Å². The fraction of sp³-hybridized carbons (Fsp3) is 0.333. The SMILES string of the molecule is Cc1ccc(S(=O)(=O)N(CCN)CCc2ccccc2)s1.Cl. The fourth-order valence-electron chi connectivity index (χ4n) is 2.07. The summed E-state index contributed by atoms with van der Waals surface area (Å²) < 4.78 is 27.1. The van der Waals surface area contributed by atoms with Gasteiger partial charge >= 0.3 is 0 Å². The number of nitrogens with two attached hydrogens (primary N) is 1. The van der Waals surface area contributed by atoms with E-state index in [0.29, 0.717) is 30.3 Å². The second kappa shape index (κ2) is 8.64. The molecule has 1 aromatic carbocycles. The molecule has 2 aromatic rings. The number of halogens is 1. The minimum absolute atomic E-state index is 0. The summed E-state index contributed by atoms with van der Waals surface area (Å²) >= 11 is 1.30. The highest BCUT2D eigenvalue weighted by atomic mass is 35.5. The van der Waals surface area contributed by atoms with Gasteiger partial charge in [0, 0.05) is 24.5 Å². The van der Waals surface area contributed by atoms with Crippen molar-refractivity contribution in [2.24, 2.45) is 5.73 Å². The molecule has 1 aromatic heterocycles. The molecule has 1 heterocycles. The number of nitrogens with zero attached hydrogens (tertiary/aromatic N) is 1. The maximum Gasteiger partial charge on any atom is 0.252 e. The van der Waals surface area contributed by atoms with Gasteiger partial charge < -0.3 is 5.73 Å². The van der Waals surface area contributed by atoms with Gasteiger partial charge in [-0.15, -0.1) is 23.7 Å². The number of aryl methyl sites for hydroxylation is 1. The molecule has 2 rings (SSSR count). The third-order valence-electron chi connectivity index (χ3n) is 3.18. The number of rotatable bonds is 7. The molecule has 122 valence electrons. The number of hydrogen-bond donors (Lipinski definition) is 1. The topological polar surface area (TPSA) is 63.4 Å². The van der Waals surface area contributed by atoms with E-state index in [1.165, 1.54) is 15.6 Å². The van der Waals surface area contributed by atoms with Crippen molar-refractivity contribution in [3.05, 3.63) is 52.9 Å². The molecule has 22 heavy (non-hydrogen) atoms. The van der Waals surface area contributed by atoms with Crippen LogP contribution < -0.4 is 5.73 Å².